The van der Waals surface area contributed by atoms with Gasteiger partial charge in [0.25, 0.3) is 0 Å². The van der Waals surface area contributed by atoms with E-state index in [9.17, 15) is 0 Å². The van der Waals surface area contributed by atoms with Crippen LogP contribution < -0.4 is 10.2 Å². The lowest BCUT2D eigenvalue weighted by Gasteiger charge is -2.21. The van der Waals surface area contributed by atoms with Crippen LogP contribution in [0.15, 0.2) is 67.1 Å². The second-order valence-corrected chi connectivity index (χ2v) is 6.59. The number of hydrogen-bond donors (Lipinski definition) is 1. The Bertz CT molecular complexity index is 816. The Morgan fingerprint density at radius 1 is 0.923 bits per heavy atom. The second kappa shape index (κ2) is 7.95. The minimum absolute atomic E-state index is 0.104. The molecular formula is C21H23N5. The molecule has 1 fully saturated rings. The average Bonchev–Trinajstić information content (AvgIpc) is 3.24. The van der Waals surface area contributed by atoms with Crippen LogP contribution in [0.25, 0.3) is 0 Å². The summed E-state index contributed by atoms with van der Waals surface area (Å²) >= 11 is 0. The third-order valence-corrected chi connectivity index (χ3v) is 4.75. The van der Waals surface area contributed by atoms with Crippen LogP contribution >= 0.6 is 0 Å². The Kier molecular flexibility index (Phi) is 5.05. The summed E-state index contributed by atoms with van der Waals surface area (Å²) in [4.78, 5) is 15.7. The summed E-state index contributed by atoms with van der Waals surface area (Å²) in [6.07, 6.45) is 6.76. The first-order valence-corrected chi connectivity index (χ1v) is 9.17. The highest BCUT2D eigenvalue weighted by atomic mass is 15.2. The largest absolute Gasteiger partial charge is 0.363 e. The fourth-order valence-corrected chi connectivity index (χ4v) is 3.39. The lowest BCUT2D eigenvalue weighted by Crippen LogP contribution is -2.20. The van der Waals surface area contributed by atoms with Crippen molar-refractivity contribution in [1.82, 2.24) is 15.0 Å². The van der Waals surface area contributed by atoms with Gasteiger partial charge < -0.3 is 10.2 Å². The molecule has 132 valence electrons. The van der Waals surface area contributed by atoms with E-state index in [2.05, 4.69) is 61.6 Å². The maximum absolute atomic E-state index is 4.49. The standard InChI is InChI=1S/C21H23N5/c1-2-8-17(9-3-1)19(14-18-10-4-5-11-22-18)25-20-15-21(24-16-23-20)26-12-6-7-13-26/h1-5,8-11,15-16,19H,6-7,12-14H2,(H,23,24,25). The molecule has 0 radical (unpaired) electrons. The molecule has 0 amide bonds. The van der Waals surface area contributed by atoms with Gasteiger partial charge in [-0.25, -0.2) is 9.97 Å². The monoisotopic (exact) mass is 345 g/mol. The Hall–Kier alpha value is -2.95. The molecule has 0 aliphatic carbocycles. The molecule has 1 aliphatic heterocycles. The highest BCUT2D eigenvalue weighted by molar-refractivity contribution is 5.50. The molecule has 2 aromatic heterocycles. The van der Waals surface area contributed by atoms with Gasteiger partial charge in [-0.15, -0.1) is 0 Å². The maximum atomic E-state index is 4.49. The molecule has 1 aliphatic rings. The van der Waals surface area contributed by atoms with Gasteiger partial charge in [0.15, 0.2) is 0 Å². The van der Waals surface area contributed by atoms with E-state index in [0.29, 0.717) is 0 Å². The Morgan fingerprint density at radius 3 is 2.50 bits per heavy atom. The Balaban J connectivity index is 1.57. The van der Waals surface area contributed by atoms with Crippen molar-refractivity contribution in [2.45, 2.75) is 25.3 Å². The molecule has 1 atom stereocenters. The minimum atomic E-state index is 0.104. The molecule has 1 saturated heterocycles. The van der Waals surface area contributed by atoms with Gasteiger partial charge in [-0.05, 0) is 30.5 Å². The van der Waals surface area contributed by atoms with Crippen LogP contribution in [0.2, 0.25) is 0 Å². The van der Waals surface area contributed by atoms with Crippen LogP contribution in [0.5, 0.6) is 0 Å². The Morgan fingerprint density at radius 2 is 1.73 bits per heavy atom. The first kappa shape index (κ1) is 16.5. The van der Waals surface area contributed by atoms with Gasteiger partial charge in [0.2, 0.25) is 0 Å². The number of benzene rings is 1. The Labute approximate surface area is 154 Å². The molecular weight excluding hydrogens is 322 g/mol. The van der Waals surface area contributed by atoms with Crippen LogP contribution in [0.1, 0.15) is 30.1 Å². The zero-order valence-corrected chi connectivity index (χ0v) is 14.8. The molecule has 1 aromatic carbocycles. The third kappa shape index (κ3) is 3.99. The molecule has 1 N–H and O–H groups in total. The molecule has 0 saturated carbocycles. The van der Waals surface area contributed by atoms with Gasteiger partial charge in [-0.3, -0.25) is 4.98 Å². The lowest BCUT2D eigenvalue weighted by molar-refractivity contribution is 0.750. The SMILES string of the molecule is c1ccc(C(Cc2ccccn2)Nc2cc(N3CCCC3)ncn2)cc1. The van der Waals surface area contributed by atoms with E-state index in [1.165, 1.54) is 18.4 Å². The van der Waals surface area contributed by atoms with Crippen LogP contribution in [0.4, 0.5) is 11.6 Å². The molecule has 0 bridgehead atoms. The number of anilines is 2. The first-order valence-electron chi connectivity index (χ1n) is 9.17. The highest BCUT2D eigenvalue weighted by Gasteiger charge is 2.17. The smallest absolute Gasteiger partial charge is 0.134 e. The van der Waals surface area contributed by atoms with Crippen LogP contribution in [-0.2, 0) is 6.42 Å². The molecule has 3 heterocycles. The van der Waals surface area contributed by atoms with Crippen molar-refractivity contribution in [3.63, 3.8) is 0 Å². The van der Waals surface area contributed by atoms with E-state index in [4.69, 9.17) is 0 Å². The van der Waals surface area contributed by atoms with Crippen LogP contribution in [0, 0.1) is 0 Å². The number of aromatic nitrogens is 3. The van der Waals surface area contributed by atoms with E-state index in [-0.39, 0.29) is 6.04 Å². The quantitative estimate of drug-likeness (QED) is 0.735. The van der Waals surface area contributed by atoms with Gasteiger partial charge in [0.1, 0.15) is 18.0 Å². The van der Waals surface area contributed by atoms with Crippen molar-refractivity contribution >= 4 is 11.6 Å². The van der Waals surface area contributed by atoms with Gasteiger partial charge >= 0.3 is 0 Å². The maximum Gasteiger partial charge on any atom is 0.134 e. The zero-order valence-electron chi connectivity index (χ0n) is 14.8. The average molecular weight is 345 g/mol. The normalized spacial score (nSPS) is 15.0. The molecule has 0 spiro atoms. The van der Waals surface area contributed by atoms with Crippen molar-refractivity contribution < 1.29 is 0 Å². The topological polar surface area (TPSA) is 53.9 Å². The van der Waals surface area contributed by atoms with Crippen molar-refractivity contribution in [3.8, 4) is 0 Å². The number of nitrogens with zero attached hydrogens (tertiary/aromatic N) is 4. The number of hydrogen-bond acceptors (Lipinski definition) is 5. The highest BCUT2D eigenvalue weighted by Crippen LogP contribution is 2.24. The number of rotatable bonds is 6. The summed E-state index contributed by atoms with van der Waals surface area (Å²) in [5, 5.41) is 3.59. The van der Waals surface area contributed by atoms with E-state index < -0.39 is 0 Å². The third-order valence-electron chi connectivity index (χ3n) is 4.75. The van der Waals surface area contributed by atoms with Gasteiger partial charge in [-0.1, -0.05) is 36.4 Å². The molecule has 26 heavy (non-hydrogen) atoms. The molecule has 1 unspecified atom stereocenters. The van der Waals surface area contributed by atoms with Gasteiger partial charge in [-0.2, -0.15) is 0 Å². The predicted molar refractivity (Wildman–Crippen MR) is 104 cm³/mol. The van der Waals surface area contributed by atoms with Crippen molar-refractivity contribution in [2.24, 2.45) is 0 Å². The fourth-order valence-electron chi connectivity index (χ4n) is 3.39. The predicted octanol–water partition coefficient (Wildman–Crippen LogP) is 3.87. The molecule has 3 aromatic rings. The summed E-state index contributed by atoms with van der Waals surface area (Å²) in [5.41, 5.74) is 2.28. The summed E-state index contributed by atoms with van der Waals surface area (Å²) in [5.74, 6) is 1.86. The lowest BCUT2D eigenvalue weighted by atomic mass is 10.0. The minimum Gasteiger partial charge on any atom is -0.363 e. The van der Waals surface area contributed by atoms with E-state index >= 15 is 0 Å². The molecule has 5 heteroatoms. The van der Waals surface area contributed by atoms with Crippen molar-refractivity contribution in [1.29, 1.82) is 0 Å². The zero-order chi connectivity index (χ0) is 17.6. The summed E-state index contributed by atoms with van der Waals surface area (Å²) < 4.78 is 0. The van der Waals surface area contributed by atoms with Crippen LogP contribution in [0.3, 0.4) is 0 Å². The van der Waals surface area contributed by atoms with Crippen LogP contribution in [-0.4, -0.2) is 28.0 Å². The summed E-state index contributed by atoms with van der Waals surface area (Å²) in [7, 11) is 0. The fraction of sp³-hybridized carbons (Fsp3) is 0.286. The van der Waals surface area contributed by atoms with E-state index in [1.54, 1.807) is 6.33 Å². The van der Waals surface area contributed by atoms with Gasteiger partial charge in [0, 0.05) is 37.5 Å². The number of nitrogens with one attached hydrogen (secondary N) is 1. The van der Waals surface area contributed by atoms with Crippen molar-refractivity contribution in [3.05, 3.63) is 78.4 Å². The van der Waals surface area contributed by atoms with Crippen molar-refractivity contribution in [2.75, 3.05) is 23.3 Å². The second-order valence-electron chi connectivity index (χ2n) is 6.59. The summed E-state index contributed by atoms with van der Waals surface area (Å²) in [6, 6.07) is 18.7. The number of pyridine rings is 1. The van der Waals surface area contributed by atoms with E-state index in [1.807, 2.05) is 24.4 Å². The summed E-state index contributed by atoms with van der Waals surface area (Å²) in [6.45, 7) is 2.15. The molecule has 4 rings (SSSR count). The van der Waals surface area contributed by atoms with Gasteiger partial charge in [0.05, 0.1) is 6.04 Å². The molecule has 5 nitrogen and oxygen atoms in total. The van der Waals surface area contributed by atoms with E-state index in [0.717, 1.165) is 36.8 Å². The first-order chi connectivity index (χ1) is 12.9.